The first-order valence-corrected chi connectivity index (χ1v) is 7.46. The zero-order valence-corrected chi connectivity index (χ0v) is 11.2. The Hall–Kier alpha value is -0.490. The van der Waals surface area contributed by atoms with Crippen LogP contribution in [0.4, 0.5) is 0 Å². The molecule has 1 aromatic heterocycles. The number of nitrogens with zero attached hydrogens (tertiary/aromatic N) is 1. The first-order valence-electron chi connectivity index (χ1n) is 6.58. The minimum atomic E-state index is -0.436. The molecule has 4 nitrogen and oxygen atoms in total. The Kier molecular flexibility index (Phi) is 3.66. The molecule has 2 atom stereocenters. The van der Waals surface area contributed by atoms with E-state index in [0.717, 1.165) is 50.5 Å². The van der Waals surface area contributed by atoms with E-state index in [1.165, 1.54) is 11.3 Å². The summed E-state index contributed by atoms with van der Waals surface area (Å²) in [6.07, 6.45) is 5.07. The van der Waals surface area contributed by atoms with Crippen LogP contribution in [0.5, 0.6) is 0 Å². The Bertz CT molecular complexity index is 370. The van der Waals surface area contributed by atoms with Crippen molar-refractivity contribution in [2.45, 2.75) is 37.4 Å². The van der Waals surface area contributed by atoms with Crippen LogP contribution in [0.1, 0.15) is 36.8 Å². The number of aliphatic hydroxyl groups is 1. The molecule has 2 saturated heterocycles. The van der Waals surface area contributed by atoms with Gasteiger partial charge in [0.25, 0.3) is 0 Å². The number of aliphatic hydroxyl groups excluding tert-OH is 1. The molecule has 1 aromatic rings. The highest BCUT2D eigenvalue weighted by Crippen LogP contribution is 2.41. The zero-order chi connectivity index (χ0) is 12.4. The van der Waals surface area contributed by atoms with Gasteiger partial charge >= 0.3 is 0 Å². The monoisotopic (exact) mass is 269 g/mol. The van der Waals surface area contributed by atoms with Gasteiger partial charge in [0, 0.05) is 31.4 Å². The molecule has 0 radical (unpaired) electrons. The van der Waals surface area contributed by atoms with Gasteiger partial charge in [0.15, 0.2) is 0 Å². The highest BCUT2D eigenvalue weighted by molar-refractivity contribution is 7.09. The molecule has 0 aromatic carbocycles. The van der Waals surface area contributed by atoms with Gasteiger partial charge in [0.1, 0.15) is 11.1 Å². The highest BCUT2D eigenvalue weighted by atomic mass is 32.1. The molecular weight excluding hydrogens is 250 g/mol. The molecule has 2 aliphatic heterocycles. The molecule has 1 N–H and O–H groups in total. The van der Waals surface area contributed by atoms with Crippen molar-refractivity contribution in [1.82, 2.24) is 4.98 Å². The van der Waals surface area contributed by atoms with E-state index in [9.17, 15) is 5.11 Å². The third kappa shape index (κ3) is 2.45. The second-order valence-corrected chi connectivity index (χ2v) is 6.14. The van der Waals surface area contributed by atoms with E-state index >= 15 is 0 Å². The van der Waals surface area contributed by atoms with Crippen molar-refractivity contribution in [1.29, 1.82) is 0 Å². The van der Waals surface area contributed by atoms with Crippen LogP contribution in [0.25, 0.3) is 0 Å². The minimum Gasteiger partial charge on any atom is -0.386 e. The van der Waals surface area contributed by atoms with Crippen molar-refractivity contribution in [2.24, 2.45) is 5.92 Å². The third-order valence-electron chi connectivity index (χ3n) is 4.09. The van der Waals surface area contributed by atoms with Gasteiger partial charge in [0.2, 0.25) is 0 Å². The van der Waals surface area contributed by atoms with Crippen molar-refractivity contribution in [3.05, 3.63) is 16.6 Å². The Morgan fingerprint density at radius 3 is 2.94 bits per heavy atom. The maximum absolute atomic E-state index is 10.4. The maximum atomic E-state index is 10.4. The first-order chi connectivity index (χ1) is 8.79. The lowest BCUT2D eigenvalue weighted by atomic mass is 9.78. The summed E-state index contributed by atoms with van der Waals surface area (Å²) in [4.78, 5) is 4.23. The Morgan fingerprint density at radius 1 is 1.39 bits per heavy atom. The molecule has 2 unspecified atom stereocenters. The maximum Gasteiger partial charge on any atom is 0.121 e. The van der Waals surface area contributed by atoms with Gasteiger partial charge in [-0.1, -0.05) is 0 Å². The van der Waals surface area contributed by atoms with E-state index in [1.807, 2.05) is 5.38 Å². The zero-order valence-electron chi connectivity index (χ0n) is 10.4. The van der Waals surface area contributed by atoms with Crippen molar-refractivity contribution in [2.75, 3.05) is 19.8 Å². The van der Waals surface area contributed by atoms with E-state index in [1.54, 1.807) is 6.20 Å². The van der Waals surface area contributed by atoms with Gasteiger partial charge < -0.3 is 14.6 Å². The van der Waals surface area contributed by atoms with Crippen LogP contribution in [0.2, 0.25) is 0 Å². The van der Waals surface area contributed by atoms with Crippen LogP contribution in [0.3, 0.4) is 0 Å². The molecule has 0 aliphatic carbocycles. The lowest BCUT2D eigenvalue weighted by Crippen LogP contribution is -2.45. The van der Waals surface area contributed by atoms with Gasteiger partial charge in [-0.15, -0.1) is 11.3 Å². The van der Waals surface area contributed by atoms with Crippen LogP contribution in [0, 0.1) is 5.92 Å². The van der Waals surface area contributed by atoms with Crippen LogP contribution in [0.15, 0.2) is 11.6 Å². The summed E-state index contributed by atoms with van der Waals surface area (Å²) in [6.45, 7) is 2.30. The molecule has 0 amide bonds. The largest absolute Gasteiger partial charge is 0.386 e. The fourth-order valence-electron chi connectivity index (χ4n) is 3.01. The van der Waals surface area contributed by atoms with Gasteiger partial charge in [0.05, 0.1) is 5.60 Å². The van der Waals surface area contributed by atoms with E-state index in [2.05, 4.69) is 4.98 Å². The highest BCUT2D eigenvalue weighted by Gasteiger charge is 2.41. The van der Waals surface area contributed by atoms with Gasteiger partial charge in [-0.05, 0) is 31.6 Å². The van der Waals surface area contributed by atoms with Crippen LogP contribution in [-0.2, 0) is 9.47 Å². The second-order valence-electron chi connectivity index (χ2n) is 5.21. The summed E-state index contributed by atoms with van der Waals surface area (Å²) >= 11 is 1.53. The summed E-state index contributed by atoms with van der Waals surface area (Å²) in [6, 6.07) is 0. The quantitative estimate of drug-likeness (QED) is 0.894. The van der Waals surface area contributed by atoms with E-state index < -0.39 is 6.10 Å². The number of rotatable bonds is 2. The number of aromatic nitrogens is 1. The van der Waals surface area contributed by atoms with Crippen LogP contribution in [-0.4, -0.2) is 35.5 Å². The predicted molar refractivity (Wildman–Crippen MR) is 68.5 cm³/mol. The summed E-state index contributed by atoms with van der Waals surface area (Å²) in [5, 5.41) is 13.2. The minimum absolute atomic E-state index is 0.0561. The molecule has 2 fully saturated rings. The van der Waals surface area contributed by atoms with Crippen LogP contribution < -0.4 is 0 Å². The number of thiazole rings is 1. The fourth-order valence-corrected chi connectivity index (χ4v) is 3.72. The summed E-state index contributed by atoms with van der Waals surface area (Å²) in [5.41, 5.74) is -0.0561. The van der Waals surface area contributed by atoms with Gasteiger partial charge in [-0.3, -0.25) is 0 Å². The Balaban J connectivity index is 1.70. The summed E-state index contributed by atoms with van der Waals surface area (Å²) < 4.78 is 11.4. The molecular formula is C13H19NO3S. The first kappa shape index (κ1) is 12.5. The molecule has 0 saturated carbocycles. The van der Waals surface area contributed by atoms with Crippen molar-refractivity contribution in [3.63, 3.8) is 0 Å². The standard InChI is InChI=1S/C13H19NO3S/c15-11(12-14-4-8-18-12)10-1-5-17-13(9-10)2-6-16-7-3-13/h4,8,10-11,15H,1-3,5-7,9H2. The van der Waals surface area contributed by atoms with Gasteiger partial charge in [-0.2, -0.15) is 0 Å². The van der Waals surface area contributed by atoms with Gasteiger partial charge in [-0.25, -0.2) is 4.98 Å². The normalized spacial score (nSPS) is 29.3. The van der Waals surface area contributed by atoms with Crippen LogP contribution >= 0.6 is 11.3 Å². The second kappa shape index (κ2) is 5.25. The summed E-state index contributed by atoms with van der Waals surface area (Å²) in [7, 11) is 0. The molecule has 1 spiro atoms. The predicted octanol–water partition coefficient (Wildman–Crippen LogP) is 2.15. The number of hydrogen-bond acceptors (Lipinski definition) is 5. The molecule has 18 heavy (non-hydrogen) atoms. The lowest BCUT2D eigenvalue weighted by Gasteiger charge is -2.44. The average molecular weight is 269 g/mol. The van der Waals surface area contributed by atoms with Crippen molar-refractivity contribution >= 4 is 11.3 Å². The van der Waals surface area contributed by atoms with Crippen molar-refractivity contribution in [3.8, 4) is 0 Å². The fraction of sp³-hybridized carbons (Fsp3) is 0.769. The Labute approximate surface area is 111 Å². The Morgan fingerprint density at radius 2 is 2.22 bits per heavy atom. The van der Waals surface area contributed by atoms with Crippen molar-refractivity contribution < 1.29 is 14.6 Å². The molecule has 5 heteroatoms. The van der Waals surface area contributed by atoms with E-state index in [4.69, 9.17) is 9.47 Å². The molecule has 2 aliphatic rings. The molecule has 3 rings (SSSR count). The average Bonchev–Trinajstić information content (AvgIpc) is 2.93. The number of hydrogen-bond donors (Lipinski definition) is 1. The summed E-state index contributed by atoms with van der Waals surface area (Å²) in [5.74, 6) is 0.267. The smallest absolute Gasteiger partial charge is 0.121 e. The molecule has 3 heterocycles. The topological polar surface area (TPSA) is 51.6 Å². The SMILES string of the molecule is OC(c1nccs1)C1CCOC2(CCOCC2)C1. The lowest BCUT2D eigenvalue weighted by molar-refractivity contribution is -0.159. The number of ether oxygens (including phenoxy) is 2. The van der Waals surface area contributed by atoms with E-state index in [-0.39, 0.29) is 11.5 Å². The third-order valence-corrected chi connectivity index (χ3v) is 4.93. The molecule has 100 valence electrons. The van der Waals surface area contributed by atoms with E-state index in [0.29, 0.717) is 0 Å². The molecule has 0 bridgehead atoms.